The van der Waals surface area contributed by atoms with Gasteiger partial charge in [-0.25, -0.2) is 9.78 Å². The number of carbonyl (C=O) groups is 1. The van der Waals surface area contributed by atoms with Crippen molar-refractivity contribution < 1.29 is 23.8 Å². The number of terminal acetylenes is 1. The first-order valence-electron chi connectivity index (χ1n) is 12.7. The van der Waals surface area contributed by atoms with E-state index in [1.807, 2.05) is 0 Å². The number of fused-ring (bicyclic) bond motifs is 1. The fourth-order valence-corrected chi connectivity index (χ4v) is 5.90. The molecule has 4 rings (SSSR count). The Bertz CT molecular complexity index is 1540. The summed E-state index contributed by atoms with van der Waals surface area (Å²) in [4.78, 5) is 33.5. The van der Waals surface area contributed by atoms with Gasteiger partial charge in [-0.2, -0.15) is 4.98 Å². The fourth-order valence-electron chi connectivity index (χ4n) is 4.72. The van der Waals surface area contributed by atoms with E-state index in [4.69, 9.17) is 37.7 Å². The van der Waals surface area contributed by atoms with E-state index in [-0.39, 0.29) is 34.7 Å². The highest BCUT2D eigenvalue weighted by atomic mass is 35.5. The van der Waals surface area contributed by atoms with Gasteiger partial charge in [0, 0.05) is 31.8 Å². The second kappa shape index (κ2) is 10.6. The Hall–Kier alpha value is -3.37. The zero-order valence-electron chi connectivity index (χ0n) is 23.3. The van der Waals surface area contributed by atoms with Crippen LogP contribution in [0.1, 0.15) is 45.1 Å². The summed E-state index contributed by atoms with van der Waals surface area (Å²) in [5.74, 6) is 2.17. The molecule has 4 heterocycles. The number of nitrogens with two attached hydrogens (primary N) is 1. The molecule has 3 aromatic heterocycles. The van der Waals surface area contributed by atoms with Crippen molar-refractivity contribution in [2.75, 3.05) is 12.3 Å². The van der Waals surface area contributed by atoms with E-state index in [0.717, 1.165) is 0 Å². The number of hydrogen-bond donors (Lipinski definition) is 2. The monoisotopic (exact) mass is 587 g/mol. The summed E-state index contributed by atoms with van der Waals surface area (Å²) in [5, 5.41) is 10.1. The highest BCUT2D eigenvalue weighted by molar-refractivity contribution is 6.74. The lowest BCUT2D eigenvalue weighted by Gasteiger charge is -2.40. The van der Waals surface area contributed by atoms with E-state index in [9.17, 15) is 14.7 Å². The van der Waals surface area contributed by atoms with E-state index in [1.54, 1.807) is 36.1 Å². The Balaban J connectivity index is 1.86. The third-order valence-corrected chi connectivity index (χ3v) is 12.7. The summed E-state index contributed by atoms with van der Waals surface area (Å²) in [6, 6.07) is 4.92. The van der Waals surface area contributed by atoms with Gasteiger partial charge < -0.3 is 33.9 Å². The number of ether oxygens (including phenoxy) is 2. The highest BCUT2D eigenvalue weighted by Crippen LogP contribution is 2.50. The molecule has 0 radical (unpaired) electrons. The van der Waals surface area contributed by atoms with Crippen molar-refractivity contribution in [2.45, 2.75) is 63.3 Å². The molecule has 13 heteroatoms. The molecule has 0 aromatic carbocycles. The number of hydrogen-bond acceptors (Lipinski definition) is 8. The van der Waals surface area contributed by atoms with Crippen LogP contribution in [0, 0.1) is 18.3 Å². The third kappa shape index (κ3) is 5.34. The van der Waals surface area contributed by atoms with Gasteiger partial charge in [-0.1, -0.05) is 26.7 Å². The quantitative estimate of drug-likeness (QED) is 0.173. The number of rotatable bonds is 7. The number of carboxylic acid groups (broad SMARTS) is 1. The summed E-state index contributed by atoms with van der Waals surface area (Å²) in [7, 11) is -0.762. The molecular formula is C27H34ClN5O6Si. The molecule has 1 aliphatic heterocycles. The molecule has 0 bridgehead atoms. The minimum Gasteiger partial charge on any atom is -0.450 e. The first-order chi connectivity index (χ1) is 18.6. The number of anilines is 1. The van der Waals surface area contributed by atoms with E-state index < -0.39 is 43.9 Å². The molecule has 0 spiro atoms. The zero-order chi connectivity index (χ0) is 29.6. The number of halogens is 1. The van der Waals surface area contributed by atoms with Crippen molar-refractivity contribution >= 4 is 42.9 Å². The summed E-state index contributed by atoms with van der Waals surface area (Å²) in [5.41, 5.74) is 4.76. The molecule has 3 aromatic rings. The van der Waals surface area contributed by atoms with Crippen LogP contribution in [-0.4, -0.2) is 50.9 Å². The smallest absolute Gasteiger partial charge is 0.450 e. The van der Waals surface area contributed by atoms with Crippen LogP contribution in [0.15, 0.2) is 35.4 Å². The lowest BCUT2D eigenvalue weighted by molar-refractivity contribution is -0.0898. The highest BCUT2D eigenvalue weighted by Gasteiger charge is 2.55. The molecule has 1 saturated heterocycles. The maximum absolute atomic E-state index is 13.2. The Morgan fingerprint density at radius 2 is 2.08 bits per heavy atom. The normalized spacial score (nSPS) is 22.2. The van der Waals surface area contributed by atoms with Crippen LogP contribution in [0.5, 0.6) is 0 Å². The first kappa shape index (κ1) is 29.6. The first-order valence-corrected chi connectivity index (χ1v) is 16.0. The predicted octanol–water partition coefficient (Wildman–Crippen LogP) is 4.73. The van der Waals surface area contributed by atoms with Gasteiger partial charge in [-0.05, 0) is 47.9 Å². The molecule has 0 aliphatic carbocycles. The number of pyridine rings is 1. The summed E-state index contributed by atoms with van der Waals surface area (Å²) in [6.07, 6.45) is 6.13. The second-order valence-corrected chi connectivity index (χ2v) is 16.7. The molecule has 1 aliphatic rings. The fraction of sp³-hybridized carbons (Fsp3) is 0.481. The van der Waals surface area contributed by atoms with Crippen LogP contribution in [0.2, 0.25) is 23.4 Å². The van der Waals surface area contributed by atoms with Crippen molar-refractivity contribution in [3.05, 3.63) is 51.8 Å². The summed E-state index contributed by atoms with van der Waals surface area (Å²) >= 11 is 6.11. The van der Waals surface area contributed by atoms with Crippen LogP contribution >= 0.6 is 11.6 Å². The van der Waals surface area contributed by atoms with Crippen LogP contribution in [0.4, 0.5) is 10.6 Å². The Morgan fingerprint density at radius 3 is 2.70 bits per heavy atom. The van der Waals surface area contributed by atoms with Crippen LogP contribution in [0.3, 0.4) is 0 Å². The lowest BCUT2D eigenvalue weighted by Crippen LogP contribution is -2.49. The van der Waals surface area contributed by atoms with E-state index in [2.05, 4.69) is 49.8 Å². The maximum Gasteiger partial charge on any atom is 0.506 e. The van der Waals surface area contributed by atoms with E-state index in [1.165, 1.54) is 10.6 Å². The molecule has 3 N–H and O–H groups in total. The van der Waals surface area contributed by atoms with Gasteiger partial charge in [0.2, 0.25) is 5.28 Å². The topological polar surface area (TPSA) is 144 Å². The van der Waals surface area contributed by atoms with Crippen molar-refractivity contribution in [3.8, 4) is 12.3 Å². The average molecular weight is 588 g/mol. The van der Waals surface area contributed by atoms with Crippen molar-refractivity contribution in [3.63, 3.8) is 0 Å². The molecule has 0 amide bonds. The predicted molar refractivity (Wildman–Crippen MR) is 153 cm³/mol. The standard InChI is InChI=1S/C27H34ClN5O6Si/c1-8-27(15-37-40(6,7)26(2,3)4)18(20(38-25(35)36)16-10-9-12-32(5)23(16)34)14-19(39-27)33-13-11-17-21(29)30-24(28)31-22(17)33/h1,9-13,18-20H,14-15H2,2-7H3,(H,35,36)(H2,29,30,31)/t18-,19+,20?,27+/m0/s1. The van der Waals surface area contributed by atoms with Gasteiger partial charge in [0.05, 0.1) is 17.6 Å². The summed E-state index contributed by atoms with van der Waals surface area (Å²) in [6.45, 7) is 10.4. The number of aromatic nitrogens is 4. The van der Waals surface area contributed by atoms with Gasteiger partial charge in [0.15, 0.2) is 13.9 Å². The van der Waals surface area contributed by atoms with Gasteiger partial charge in [-0.3, -0.25) is 4.79 Å². The van der Waals surface area contributed by atoms with Crippen LogP contribution in [-0.2, 0) is 20.9 Å². The molecule has 214 valence electrons. The van der Waals surface area contributed by atoms with Gasteiger partial charge >= 0.3 is 6.16 Å². The second-order valence-electron chi connectivity index (χ2n) is 11.5. The molecule has 40 heavy (non-hydrogen) atoms. The molecule has 4 atom stereocenters. The molecular weight excluding hydrogens is 554 g/mol. The molecule has 0 saturated carbocycles. The number of nitrogen functional groups attached to an aromatic ring is 1. The van der Waals surface area contributed by atoms with Crippen molar-refractivity contribution in [2.24, 2.45) is 13.0 Å². The maximum atomic E-state index is 13.2. The minimum atomic E-state index is -2.34. The Kier molecular flexibility index (Phi) is 7.81. The SMILES string of the molecule is C#C[C@]1(CO[Si](C)(C)C(C)(C)C)O[C@@H](n2ccc3c(N)nc(Cl)nc32)C[C@H]1C(OC(=O)O)c1cccn(C)c1=O. The van der Waals surface area contributed by atoms with Gasteiger partial charge in [0.25, 0.3) is 5.56 Å². The van der Waals surface area contributed by atoms with E-state index >= 15 is 0 Å². The number of aryl methyl sites for hydroxylation is 1. The van der Waals surface area contributed by atoms with Crippen molar-refractivity contribution in [1.29, 1.82) is 0 Å². The third-order valence-electron chi connectivity index (χ3n) is 8.04. The Labute approximate surface area is 238 Å². The zero-order valence-corrected chi connectivity index (χ0v) is 25.1. The molecule has 11 nitrogen and oxygen atoms in total. The average Bonchev–Trinajstić information content (AvgIpc) is 3.44. The van der Waals surface area contributed by atoms with Gasteiger partial charge in [-0.15, -0.1) is 6.42 Å². The summed E-state index contributed by atoms with van der Waals surface area (Å²) < 4.78 is 21.6. The Morgan fingerprint density at radius 1 is 1.38 bits per heavy atom. The van der Waals surface area contributed by atoms with E-state index in [0.29, 0.717) is 11.0 Å². The number of nitrogens with zero attached hydrogens (tertiary/aromatic N) is 4. The van der Waals surface area contributed by atoms with Crippen molar-refractivity contribution in [1.82, 2.24) is 19.1 Å². The minimum absolute atomic E-state index is 0.0368. The largest absolute Gasteiger partial charge is 0.506 e. The van der Waals surface area contributed by atoms with Gasteiger partial charge in [0.1, 0.15) is 23.8 Å². The molecule has 1 unspecified atom stereocenters. The van der Waals surface area contributed by atoms with Crippen LogP contribution < -0.4 is 11.3 Å². The van der Waals surface area contributed by atoms with Crippen LogP contribution in [0.25, 0.3) is 11.0 Å². The molecule has 1 fully saturated rings. The lowest BCUT2D eigenvalue weighted by atomic mass is 9.81.